The zero-order valence-electron chi connectivity index (χ0n) is 11.0. The molecule has 0 aliphatic carbocycles. The summed E-state index contributed by atoms with van der Waals surface area (Å²) in [5, 5.41) is 0. The molecule has 6 heteroatoms. The molecule has 0 radical (unpaired) electrons. The van der Waals surface area contributed by atoms with Crippen LogP contribution in [-0.4, -0.2) is 41.4 Å². The molecule has 0 spiro atoms. The highest BCUT2D eigenvalue weighted by Gasteiger charge is 2.19. The molecule has 1 fully saturated rings. The Bertz CT molecular complexity index is 596. The van der Waals surface area contributed by atoms with Crippen molar-refractivity contribution >= 4 is 38.6 Å². The standard InChI is InChI=1S/C14H16BrClN2O2/c15-10-1-2-13-12(7-10)17-14(3-4-16)18(13)8-11-9-19-5-6-20-11/h1-2,7,11H,3-6,8-9H2. The topological polar surface area (TPSA) is 36.3 Å². The number of hydrogen-bond acceptors (Lipinski definition) is 3. The highest BCUT2D eigenvalue weighted by molar-refractivity contribution is 9.10. The normalized spacial score (nSPS) is 19.6. The Morgan fingerprint density at radius 3 is 3.05 bits per heavy atom. The first-order valence-electron chi connectivity index (χ1n) is 6.68. The van der Waals surface area contributed by atoms with Gasteiger partial charge in [-0.1, -0.05) is 15.9 Å². The Labute approximate surface area is 131 Å². The molecule has 108 valence electrons. The smallest absolute Gasteiger partial charge is 0.111 e. The maximum absolute atomic E-state index is 5.89. The summed E-state index contributed by atoms with van der Waals surface area (Å²) in [4.78, 5) is 4.68. The van der Waals surface area contributed by atoms with Gasteiger partial charge in [0.25, 0.3) is 0 Å². The van der Waals surface area contributed by atoms with Crippen LogP contribution in [0, 0.1) is 0 Å². The van der Waals surface area contributed by atoms with E-state index in [-0.39, 0.29) is 6.10 Å². The molecule has 1 saturated heterocycles. The molecule has 0 bridgehead atoms. The third kappa shape index (κ3) is 3.01. The van der Waals surface area contributed by atoms with E-state index < -0.39 is 0 Å². The Balaban J connectivity index is 1.95. The predicted octanol–water partition coefficient (Wildman–Crippen LogP) is 3.00. The van der Waals surface area contributed by atoms with E-state index >= 15 is 0 Å². The maximum atomic E-state index is 5.89. The Hall–Kier alpha value is -0.620. The summed E-state index contributed by atoms with van der Waals surface area (Å²) in [5.41, 5.74) is 2.10. The van der Waals surface area contributed by atoms with E-state index in [0.29, 0.717) is 25.7 Å². The lowest BCUT2D eigenvalue weighted by atomic mass is 10.3. The van der Waals surface area contributed by atoms with Crippen LogP contribution >= 0.6 is 27.5 Å². The first-order chi connectivity index (χ1) is 9.78. The zero-order chi connectivity index (χ0) is 13.9. The molecule has 1 aliphatic heterocycles. The molecule has 3 rings (SSSR count). The molecule has 2 heterocycles. The van der Waals surface area contributed by atoms with Crippen molar-refractivity contribution in [3.05, 3.63) is 28.5 Å². The van der Waals surface area contributed by atoms with Gasteiger partial charge in [0.15, 0.2) is 0 Å². The lowest BCUT2D eigenvalue weighted by Crippen LogP contribution is -2.32. The number of fused-ring (bicyclic) bond motifs is 1. The number of imidazole rings is 1. The van der Waals surface area contributed by atoms with Crippen LogP contribution in [-0.2, 0) is 22.4 Å². The molecule has 0 N–H and O–H groups in total. The van der Waals surface area contributed by atoms with Crippen LogP contribution in [0.25, 0.3) is 11.0 Å². The fourth-order valence-electron chi connectivity index (χ4n) is 2.48. The van der Waals surface area contributed by atoms with Crippen molar-refractivity contribution in [1.82, 2.24) is 9.55 Å². The second kappa shape index (κ2) is 6.43. The first kappa shape index (κ1) is 14.3. The first-order valence-corrected chi connectivity index (χ1v) is 8.00. The maximum Gasteiger partial charge on any atom is 0.111 e. The van der Waals surface area contributed by atoms with Gasteiger partial charge < -0.3 is 14.0 Å². The molecular formula is C14H16BrClN2O2. The van der Waals surface area contributed by atoms with Crippen molar-refractivity contribution in [2.24, 2.45) is 0 Å². The number of halogens is 2. The molecule has 1 aromatic carbocycles. The Morgan fingerprint density at radius 2 is 2.30 bits per heavy atom. The fourth-order valence-corrected chi connectivity index (χ4v) is 3.00. The molecule has 20 heavy (non-hydrogen) atoms. The summed E-state index contributed by atoms with van der Waals surface area (Å²) in [6.07, 6.45) is 0.834. The molecule has 1 unspecified atom stereocenters. The minimum Gasteiger partial charge on any atom is -0.376 e. The summed E-state index contributed by atoms with van der Waals surface area (Å²) >= 11 is 9.37. The largest absolute Gasteiger partial charge is 0.376 e. The molecule has 0 amide bonds. The minimum absolute atomic E-state index is 0.0823. The highest BCUT2D eigenvalue weighted by Crippen LogP contribution is 2.22. The van der Waals surface area contributed by atoms with Crippen LogP contribution in [0.3, 0.4) is 0 Å². The van der Waals surface area contributed by atoms with E-state index in [1.807, 2.05) is 12.1 Å². The molecular weight excluding hydrogens is 344 g/mol. The van der Waals surface area contributed by atoms with Crippen LogP contribution in [0.1, 0.15) is 5.82 Å². The van der Waals surface area contributed by atoms with Crippen molar-refractivity contribution in [3.8, 4) is 0 Å². The van der Waals surface area contributed by atoms with Gasteiger partial charge >= 0.3 is 0 Å². The molecule has 2 aromatic rings. The third-order valence-electron chi connectivity index (χ3n) is 3.38. The fraction of sp³-hybridized carbons (Fsp3) is 0.500. The van der Waals surface area contributed by atoms with Crippen molar-refractivity contribution in [2.45, 2.75) is 19.1 Å². The summed E-state index contributed by atoms with van der Waals surface area (Å²) in [6.45, 7) is 2.73. The van der Waals surface area contributed by atoms with Gasteiger partial charge in [-0.05, 0) is 18.2 Å². The number of aromatic nitrogens is 2. The summed E-state index contributed by atoms with van der Waals surface area (Å²) in [6, 6.07) is 6.14. The van der Waals surface area contributed by atoms with E-state index in [2.05, 4.69) is 31.5 Å². The molecule has 1 aliphatic rings. The second-order valence-electron chi connectivity index (χ2n) is 4.78. The van der Waals surface area contributed by atoms with E-state index in [4.69, 9.17) is 21.1 Å². The van der Waals surface area contributed by atoms with Gasteiger partial charge in [0.05, 0.1) is 43.5 Å². The van der Waals surface area contributed by atoms with E-state index in [1.54, 1.807) is 0 Å². The predicted molar refractivity (Wildman–Crippen MR) is 82.4 cm³/mol. The average Bonchev–Trinajstić information content (AvgIpc) is 2.77. The number of aryl methyl sites for hydroxylation is 1. The van der Waals surface area contributed by atoms with Crippen molar-refractivity contribution in [2.75, 3.05) is 25.7 Å². The molecule has 0 saturated carbocycles. The van der Waals surface area contributed by atoms with E-state index in [0.717, 1.165) is 34.3 Å². The number of benzene rings is 1. The van der Waals surface area contributed by atoms with Gasteiger partial charge in [-0.25, -0.2) is 4.98 Å². The lowest BCUT2D eigenvalue weighted by molar-refractivity contribution is -0.0934. The van der Waals surface area contributed by atoms with Gasteiger partial charge in [0.1, 0.15) is 5.82 Å². The summed E-state index contributed by atoms with van der Waals surface area (Å²) in [7, 11) is 0. The average molecular weight is 360 g/mol. The van der Waals surface area contributed by atoms with Crippen LogP contribution in [0.15, 0.2) is 22.7 Å². The van der Waals surface area contributed by atoms with Crippen molar-refractivity contribution < 1.29 is 9.47 Å². The van der Waals surface area contributed by atoms with Crippen LogP contribution < -0.4 is 0 Å². The van der Waals surface area contributed by atoms with E-state index in [9.17, 15) is 0 Å². The van der Waals surface area contributed by atoms with Crippen LogP contribution in [0.4, 0.5) is 0 Å². The van der Waals surface area contributed by atoms with Gasteiger partial charge in [-0.15, -0.1) is 11.6 Å². The number of nitrogens with zero attached hydrogens (tertiary/aromatic N) is 2. The number of hydrogen-bond donors (Lipinski definition) is 0. The van der Waals surface area contributed by atoms with E-state index in [1.165, 1.54) is 0 Å². The molecule has 1 aromatic heterocycles. The third-order valence-corrected chi connectivity index (χ3v) is 4.06. The van der Waals surface area contributed by atoms with Crippen molar-refractivity contribution in [1.29, 1.82) is 0 Å². The van der Waals surface area contributed by atoms with Crippen LogP contribution in [0.5, 0.6) is 0 Å². The lowest BCUT2D eigenvalue weighted by Gasteiger charge is -2.24. The van der Waals surface area contributed by atoms with Gasteiger partial charge in [-0.2, -0.15) is 0 Å². The monoisotopic (exact) mass is 358 g/mol. The number of ether oxygens (including phenoxy) is 2. The minimum atomic E-state index is 0.0823. The molecule has 1 atom stereocenters. The Kier molecular flexibility index (Phi) is 4.61. The summed E-state index contributed by atoms with van der Waals surface area (Å²) in [5.74, 6) is 1.56. The SMILES string of the molecule is ClCCc1nc2cc(Br)ccc2n1CC1COCCO1. The van der Waals surface area contributed by atoms with Crippen molar-refractivity contribution in [3.63, 3.8) is 0 Å². The van der Waals surface area contributed by atoms with Crippen LogP contribution in [0.2, 0.25) is 0 Å². The zero-order valence-corrected chi connectivity index (χ0v) is 13.4. The molecule has 4 nitrogen and oxygen atoms in total. The summed E-state index contributed by atoms with van der Waals surface area (Å²) < 4.78 is 14.4. The number of alkyl halides is 1. The van der Waals surface area contributed by atoms with Gasteiger partial charge in [-0.3, -0.25) is 0 Å². The van der Waals surface area contributed by atoms with Gasteiger partial charge in [0, 0.05) is 16.8 Å². The Morgan fingerprint density at radius 1 is 1.40 bits per heavy atom. The highest BCUT2D eigenvalue weighted by atomic mass is 79.9. The second-order valence-corrected chi connectivity index (χ2v) is 6.07. The van der Waals surface area contributed by atoms with Gasteiger partial charge in [0.2, 0.25) is 0 Å². The number of rotatable bonds is 4. The quantitative estimate of drug-likeness (QED) is 0.787.